The Hall–Kier alpha value is -1.01. The fraction of sp³-hybridized carbons (Fsp3) is 0.250. The second kappa shape index (κ2) is 8.89. The highest BCUT2D eigenvalue weighted by molar-refractivity contribution is 5.68. The molecule has 0 fully saturated rings. The second-order valence-electron chi connectivity index (χ2n) is 0.598. The molecule has 0 atom stereocenters. The van der Waals surface area contributed by atoms with Crippen molar-refractivity contribution in [2.75, 3.05) is 6.54 Å². The summed E-state index contributed by atoms with van der Waals surface area (Å²) in [6.45, 7) is -0.278. The van der Waals surface area contributed by atoms with Gasteiger partial charge in [0.2, 0.25) is 0 Å². The molecule has 0 aliphatic heterocycles. The van der Waals surface area contributed by atoms with Gasteiger partial charge < -0.3 is 10.8 Å². The minimum atomic E-state index is -0.968. The van der Waals surface area contributed by atoms with Crippen LogP contribution in [0.5, 0.6) is 0 Å². The van der Waals surface area contributed by atoms with Crippen LogP contribution in [-0.2, 0) is 4.79 Å². The molecule has 0 heterocycles. The molecule has 40 valence electrons. The van der Waals surface area contributed by atoms with Gasteiger partial charge >= 0.3 is 5.97 Å². The predicted octanol–water partition coefficient (Wildman–Crippen LogP) is -0.721. The molecule has 0 saturated carbocycles. The van der Waals surface area contributed by atoms with Crippen LogP contribution in [0.25, 0.3) is 0 Å². The van der Waals surface area contributed by atoms with Crippen molar-refractivity contribution < 1.29 is 9.90 Å². The third kappa shape index (κ3) is 45.5. The van der Waals surface area contributed by atoms with Crippen LogP contribution < -0.4 is 5.73 Å². The van der Waals surface area contributed by atoms with Gasteiger partial charge in [-0.05, 0) is 0 Å². The van der Waals surface area contributed by atoms with Crippen molar-refractivity contribution in [3.8, 4) is 12.8 Å². The molecule has 3 N–H and O–H groups in total. The lowest BCUT2D eigenvalue weighted by Gasteiger charge is -1.73. The van der Waals surface area contributed by atoms with Crippen LogP contribution in [0.15, 0.2) is 0 Å². The van der Waals surface area contributed by atoms with E-state index in [0.717, 1.165) is 0 Å². The van der Waals surface area contributed by atoms with Crippen LogP contribution in [0.4, 0.5) is 0 Å². The molecule has 3 heteroatoms. The highest BCUT2D eigenvalue weighted by atomic mass is 16.4. The van der Waals surface area contributed by atoms with Gasteiger partial charge in [-0.25, -0.2) is 0 Å². The Kier molecular flexibility index (Phi) is 11.9. The molecular weight excluding hydrogens is 94.0 g/mol. The molecule has 7 heavy (non-hydrogen) atoms. The van der Waals surface area contributed by atoms with Gasteiger partial charge in [-0.3, -0.25) is 4.79 Å². The van der Waals surface area contributed by atoms with E-state index in [1.54, 1.807) is 0 Å². The summed E-state index contributed by atoms with van der Waals surface area (Å²) in [6.07, 6.45) is 8.00. The highest BCUT2D eigenvalue weighted by Crippen LogP contribution is 1.43. The van der Waals surface area contributed by atoms with Crippen molar-refractivity contribution in [3.63, 3.8) is 0 Å². The van der Waals surface area contributed by atoms with Crippen LogP contribution in [0, 0.1) is 12.8 Å². The first-order chi connectivity index (χ1) is 3.27. The maximum absolute atomic E-state index is 9.24. The number of carboxylic acid groups (broad SMARTS) is 1. The van der Waals surface area contributed by atoms with Crippen LogP contribution in [0.2, 0.25) is 0 Å². The molecule has 0 bridgehead atoms. The summed E-state index contributed by atoms with van der Waals surface area (Å²) in [7, 11) is 0. The topological polar surface area (TPSA) is 63.3 Å². The maximum atomic E-state index is 9.24. The lowest BCUT2D eigenvalue weighted by molar-refractivity contribution is -0.135. The fourth-order valence-electron chi connectivity index (χ4n) is 0. The standard InChI is InChI=1S/C2H5NO2.C2H2/c3-1-2(4)5;1-2/h1,3H2,(H,4,5);1-2H. The number of terminal acetylenes is 1. The third-order valence-electron chi connectivity index (χ3n) is 0.175. The Morgan fingerprint density at radius 3 is 1.86 bits per heavy atom. The first-order valence-corrected chi connectivity index (χ1v) is 1.52. The maximum Gasteiger partial charge on any atom is 0.317 e. The van der Waals surface area contributed by atoms with E-state index in [0.29, 0.717) is 0 Å². The monoisotopic (exact) mass is 101 g/mol. The van der Waals surface area contributed by atoms with E-state index in [4.69, 9.17) is 5.11 Å². The Labute approximate surface area is 42.1 Å². The van der Waals surface area contributed by atoms with Crippen molar-refractivity contribution in [2.24, 2.45) is 5.73 Å². The van der Waals surface area contributed by atoms with Gasteiger partial charge in [-0.1, -0.05) is 0 Å². The number of rotatable bonds is 1. The molecule has 3 nitrogen and oxygen atoms in total. The highest BCUT2D eigenvalue weighted by Gasteiger charge is 1.81. The first kappa shape index (κ1) is 9.37. The molecule has 0 radical (unpaired) electrons. The summed E-state index contributed by atoms with van der Waals surface area (Å²) in [6, 6.07) is 0. The molecule has 0 aromatic heterocycles. The minimum Gasteiger partial charge on any atom is -0.480 e. The number of nitrogens with two attached hydrogens (primary N) is 1. The summed E-state index contributed by atoms with van der Waals surface area (Å²) < 4.78 is 0. The van der Waals surface area contributed by atoms with Gasteiger partial charge in [0.1, 0.15) is 0 Å². The zero-order valence-corrected chi connectivity index (χ0v) is 3.79. The average Bonchev–Trinajstić information content (AvgIpc) is 1.73. The van der Waals surface area contributed by atoms with Crippen LogP contribution in [0.3, 0.4) is 0 Å². The largest absolute Gasteiger partial charge is 0.480 e. The average molecular weight is 101 g/mol. The summed E-state index contributed by atoms with van der Waals surface area (Å²) in [5.74, 6) is -0.968. The second-order valence-corrected chi connectivity index (χ2v) is 0.598. The van der Waals surface area contributed by atoms with Crippen molar-refractivity contribution in [3.05, 3.63) is 0 Å². The normalized spacial score (nSPS) is 5.57. The SMILES string of the molecule is C#C.NCC(=O)O. The number of carbonyl (C=O) groups is 1. The van der Waals surface area contributed by atoms with E-state index in [1.807, 2.05) is 0 Å². The molecular formula is C4H7NO2. The Morgan fingerprint density at radius 1 is 1.71 bits per heavy atom. The van der Waals surface area contributed by atoms with Crippen LogP contribution >= 0.6 is 0 Å². The van der Waals surface area contributed by atoms with Gasteiger partial charge in [-0.2, -0.15) is 0 Å². The lowest BCUT2D eigenvalue weighted by Crippen LogP contribution is -2.10. The molecule has 0 aromatic carbocycles. The molecule has 0 saturated heterocycles. The number of aliphatic carboxylic acids is 1. The predicted molar refractivity (Wildman–Crippen MR) is 26.6 cm³/mol. The van der Waals surface area contributed by atoms with Gasteiger partial charge in [0.05, 0.1) is 6.54 Å². The van der Waals surface area contributed by atoms with E-state index in [9.17, 15) is 4.79 Å². The zero-order valence-electron chi connectivity index (χ0n) is 3.79. The Balaban J connectivity index is 0. The van der Waals surface area contributed by atoms with Crippen LogP contribution in [0.1, 0.15) is 0 Å². The first-order valence-electron chi connectivity index (χ1n) is 1.52. The molecule has 0 amide bonds. The zero-order chi connectivity index (χ0) is 6.28. The quantitative estimate of drug-likeness (QED) is 0.428. The molecule has 0 aliphatic carbocycles. The van der Waals surface area contributed by atoms with Gasteiger partial charge in [0.15, 0.2) is 0 Å². The van der Waals surface area contributed by atoms with E-state index >= 15 is 0 Å². The van der Waals surface area contributed by atoms with Crippen molar-refractivity contribution in [1.29, 1.82) is 0 Å². The van der Waals surface area contributed by atoms with Crippen molar-refractivity contribution in [2.45, 2.75) is 0 Å². The van der Waals surface area contributed by atoms with Crippen molar-refractivity contribution >= 4 is 5.97 Å². The van der Waals surface area contributed by atoms with E-state index in [-0.39, 0.29) is 6.54 Å². The number of hydrogen-bond acceptors (Lipinski definition) is 2. The fourth-order valence-corrected chi connectivity index (χ4v) is 0. The molecule has 0 aromatic rings. The molecule has 0 rings (SSSR count). The van der Waals surface area contributed by atoms with E-state index < -0.39 is 5.97 Å². The summed E-state index contributed by atoms with van der Waals surface area (Å²) >= 11 is 0. The Bertz CT molecular complexity index is 67.3. The summed E-state index contributed by atoms with van der Waals surface area (Å²) in [5.41, 5.74) is 4.57. The Morgan fingerprint density at radius 2 is 1.86 bits per heavy atom. The van der Waals surface area contributed by atoms with E-state index in [1.165, 1.54) is 0 Å². The van der Waals surface area contributed by atoms with Gasteiger partial charge in [0, 0.05) is 0 Å². The summed E-state index contributed by atoms with van der Waals surface area (Å²) in [5, 5.41) is 7.60. The van der Waals surface area contributed by atoms with E-state index in [2.05, 4.69) is 18.6 Å². The molecule has 0 aliphatic rings. The number of carboxylic acids is 1. The molecule has 0 spiro atoms. The number of hydrogen-bond donors (Lipinski definition) is 2. The lowest BCUT2D eigenvalue weighted by atomic mass is 10.7. The molecule has 0 unspecified atom stereocenters. The minimum absolute atomic E-state index is 0.278. The van der Waals surface area contributed by atoms with Crippen LogP contribution in [-0.4, -0.2) is 17.6 Å². The van der Waals surface area contributed by atoms with Gasteiger partial charge in [0.25, 0.3) is 0 Å². The van der Waals surface area contributed by atoms with Gasteiger partial charge in [-0.15, -0.1) is 12.8 Å². The third-order valence-corrected chi connectivity index (χ3v) is 0.175. The summed E-state index contributed by atoms with van der Waals surface area (Å²) in [4.78, 5) is 9.24. The smallest absolute Gasteiger partial charge is 0.317 e. The van der Waals surface area contributed by atoms with Crippen molar-refractivity contribution in [1.82, 2.24) is 0 Å².